The molecule has 1 atom stereocenters. The van der Waals surface area contributed by atoms with Gasteiger partial charge < -0.3 is 5.32 Å². The Balaban J connectivity index is 2.62. The van der Waals surface area contributed by atoms with Gasteiger partial charge in [0, 0.05) is 17.1 Å². The van der Waals surface area contributed by atoms with Crippen molar-refractivity contribution in [3.8, 4) is 0 Å². The van der Waals surface area contributed by atoms with Crippen LogP contribution in [0.5, 0.6) is 0 Å². The minimum atomic E-state index is -0.112. The number of thiazole rings is 1. The van der Waals surface area contributed by atoms with Crippen molar-refractivity contribution in [1.29, 1.82) is 0 Å². The SMILES string of the molecule is CC(Cl)C(C)(C)Nc1nccs1. The molecule has 0 aliphatic carbocycles. The lowest BCUT2D eigenvalue weighted by atomic mass is 10.0. The smallest absolute Gasteiger partial charge is 0.183 e. The van der Waals surface area contributed by atoms with Crippen LogP contribution in [0.1, 0.15) is 20.8 Å². The van der Waals surface area contributed by atoms with Gasteiger partial charge in [0.05, 0.1) is 5.38 Å². The van der Waals surface area contributed by atoms with Crippen LogP contribution in [0.15, 0.2) is 11.6 Å². The summed E-state index contributed by atoms with van der Waals surface area (Å²) in [4.78, 5) is 4.13. The fourth-order valence-electron chi connectivity index (χ4n) is 0.660. The molecule has 12 heavy (non-hydrogen) atoms. The molecular formula is C8H13ClN2S. The Morgan fingerprint density at radius 1 is 1.67 bits per heavy atom. The fraction of sp³-hybridized carbons (Fsp3) is 0.625. The fourth-order valence-corrected chi connectivity index (χ4v) is 1.41. The number of hydrogen-bond donors (Lipinski definition) is 1. The van der Waals surface area contributed by atoms with Gasteiger partial charge >= 0.3 is 0 Å². The van der Waals surface area contributed by atoms with Gasteiger partial charge in [0.25, 0.3) is 0 Å². The third kappa shape index (κ3) is 2.35. The van der Waals surface area contributed by atoms with Crippen molar-refractivity contribution in [1.82, 2.24) is 4.98 Å². The molecule has 1 unspecified atom stereocenters. The van der Waals surface area contributed by atoms with Gasteiger partial charge in [0.1, 0.15) is 0 Å². The van der Waals surface area contributed by atoms with Crippen LogP contribution >= 0.6 is 22.9 Å². The van der Waals surface area contributed by atoms with Gasteiger partial charge in [-0.1, -0.05) is 0 Å². The number of nitrogens with zero attached hydrogens (tertiary/aromatic N) is 1. The van der Waals surface area contributed by atoms with E-state index in [1.165, 1.54) is 0 Å². The van der Waals surface area contributed by atoms with Crippen molar-refractivity contribution < 1.29 is 0 Å². The molecule has 0 radical (unpaired) electrons. The maximum absolute atomic E-state index is 6.00. The van der Waals surface area contributed by atoms with Crippen molar-refractivity contribution >= 4 is 28.1 Å². The minimum Gasteiger partial charge on any atom is -0.355 e. The summed E-state index contributed by atoms with van der Waals surface area (Å²) in [7, 11) is 0. The zero-order valence-electron chi connectivity index (χ0n) is 7.47. The van der Waals surface area contributed by atoms with E-state index in [0.29, 0.717) is 0 Å². The van der Waals surface area contributed by atoms with E-state index in [1.54, 1.807) is 17.5 Å². The molecule has 1 rings (SSSR count). The first kappa shape index (κ1) is 9.81. The molecule has 68 valence electrons. The van der Waals surface area contributed by atoms with E-state index in [-0.39, 0.29) is 10.9 Å². The summed E-state index contributed by atoms with van der Waals surface area (Å²) in [6.45, 7) is 6.10. The summed E-state index contributed by atoms with van der Waals surface area (Å²) in [6, 6.07) is 0. The van der Waals surface area contributed by atoms with Crippen molar-refractivity contribution in [2.75, 3.05) is 5.32 Å². The molecule has 0 saturated carbocycles. The highest BCUT2D eigenvalue weighted by molar-refractivity contribution is 7.13. The topological polar surface area (TPSA) is 24.9 Å². The van der Waals surface area contributed by atoms with E-state index in [0.717, 1.165) is 5.13 Å². The molecule has 0 aliphatic rings. The van der Waals surface area contributed by atoms with E-state index in [2.05, 4.69) is 24.1 Å². The van der Waals surface area contributed by atoms with Crippen molar-refractivity contribution in [3.05, 3.63) is 11.6 Å². The third-order valence-corrected chi connectivity index (χ3v) is 3.09. The van der Waals surface area contributed by atoms with Crippen LogP contribution in [0.25, 0.3) is 0 Å². The van der Waals surface area contributed by atoms with Crippen LogP contribution in [0, 0.1) is 0 Å². The lowest BCUT2D eigenvalue weighted by Gasteiger charge is -2.28. The average Bonchev–Trinajstić information content (AvgIpc) is 2.38. The molecule has 1 aromatic rings. The van der Waals surface area contributed by atoms with Crippen LogP contribution < -0.4 is 5.32 Å². The lowest BCUT2D eigenvalue weighted by molar-refractivity contribution is 0.554. The van der Waals surface area contributed by atoms with Crippen molar-refractivity contribution in [2.45, 2.75) is 31.7 Å². The highest BCUT2D eigenvalue weighted by atomic mass is 35.5. The number of alkyl halides is 1. The number of rotatable bonds is 3. The van der Waals surface area contributed by atoms with Crippen molar-refractivity contribution in [2.24, 2.45) is 0 Å². The summed E-state index contributed by atoms with van der Waals surface area (Å²) in [6.07, 6.45) is 1.78. The van der Waals surface area contributed by atoms with E-state index in [1.807, 2.05) is 12.3 Å². The molecule has 0 aromatic carbocycles. The summed E-state index contributed by atoms with van der Waals surface area (Å²) in [5, 5.41) is 6.21. The lowest BCUT2D eigenvalue weighted by Crippen LogP contribution is -2.38. The number of halogens is 1. The van der Waals surface area contributed by atoms with Crippen molar-refractivity contribution in [3.63, 3.8) is 0 Å². The molecular weight excluding hydrogens is 192 g/mol. The molecule has 0 fully saturated rings. The molecule has 1 aromatic heterocycles. The molecule has 0 bridgehead atoms. The molecule has 0 amide bonds. The Labute approximate surface area is 82.0 Å². The van der Waals surface area contributed by atoms with Gasteiger partial charge in [-0.05, 0) is 20.8 Å². The Kier molecular flexibility index (Phi) is 2.96. The van der Waals surface area contributed by atoms with Gasteiger partial charge in [0.2, 0.25) is 0 Å². The maximum Gasteiger partial charge on any atom is 0.183 e. The minimum absolute atomic E-state index is 0.0707. The van der Waals surface area contributed by atoms with Gasteiger partial charge in [0.15, 0.2) is 5.13 Å². The van der Waals surface area contributed by atoms with Gasteiger partial charge in [-0.3, -0.25) is 0 Å². The molecule has 1 heterocycles. The van der Waals surface area contributed by atoms with E-state index in [4.69, 9.17) is 11.6 Å². The Hall–Kier alpha value is -0.280. The summed E-state index contributed by atoms with van der Waals surface area (Å²) < 4.78 is 0. The molecule has 0 aliphatic heterocycles. The molecule has 0 saturated heterocycles. The highest BCUT2D eigenvalue weighted by Gasteiger charge is 2.24. The monoisotopic (exact) mass is 204 g/mol. The molecule has 4 heteroatoms. The van der Waals surface area contributed by atoms with Crippen LogP contribution in [0.4, 0.5) is 5.13 Å². The zero-order valence-corrected chi connectivity index (χ0v) is 9.04. The Morgan fingerprint density at radius 2 is 2.33 bits per heavy atom. The van der Waals surface area contributed by atoms with Crippen LogP contribution in [0.2, 0.25) is 0 Å². The van der Waals surface area contributed by atoms with Crippen LogP contribution in [-0.2, 0) is 0 Å². The quantitative estimate of drug-likeness (QED) is 0.766. The van der Waals surface area contributed by atoms with Gasteiger partial charge in [-0.25, -0.2) is 4.98 Å². The van der Waals surface area contributed by atoms with Gasteiger partial charge in [-0.15, -0.1) is 22.9 Å². The predicted molar refractivity (Wildman–Crippen MR) is 55.1 cm³/mol. The number of hydrogen-bond acceptors (Lipinski definition) is 3. The van der Waals surface area contributed by atoms with E-state index >= 15 is 0 Å². The van der Waals surface area contributed by atoms with E-state index in [9.17, 15) is 0 Å². The number of anilines is 1. The number of nitrogens with one attached hydrogen (secondary N) is 1. The standard InChI is InChI=1S/C8H13ClN2S/c1-6(9)8(2,3)11-7-10-4-5-12-7/h4-6H,1-3H3,(H,10,11). The van der Waals surface area contributed by atoms with Gasteiger partial charge in [-0.2, -0.15) is 0 Å². The van der Waals surface area contributed by atoms with Crippen LogP contribution in [0.3, 0.4) is 0 Å². The first-order valence-corrected chi connectivity index (χ1v) is 5.16. The zero-order chi connectivity index (χ0) is 9.19. The summed E-state index contributed by atoms with van der Waals surface area (Å²) in [5.41, 5.74) is -0.112. The summed E-state index contributed by atoms with van der Waals surface area (Å²) >= 11 is 7.59. The maximum atomic E-state index is 6.00. The van der Waals surface area contributed by atoms with E-state index < -0.39 is 0 Å². The highest BCUT2D eigenvalue weighted by Crippen LogP contribution is 2.22. The first-order chi connectivity index (χ1) is 5.52. The normalized spacial score (nSPS) is 14.3. The molecule has 0 spiro atoms. The first-order valence-electron chi connectivity index (χ1n) is 3.84. The van der Waals surface area contributed by atoms with Crippen LogP contribution in [-0.4, -0.2) is 15.9 Å². The number of aromatic nitrogens is 1. The second kappa shape index (κ2) is 3.62. The second-order valence-electron chi connectivity index (χ2n) is 3.30. The average molecular weight is 205 g/mol. The summed E-state index contributed by atoms with van der Waals surface area (Å²) in [5.74, 6) is 0. The Bertz CT molecular complexity index is 231. The molecule has 1 N–H and O–H groups in total. The second-order valence-corrected chi connectivity index (χ2v) is 4.85. The third-order valence-electron chi connectivity index (χ3n) is 1.86. The molecule has 2 nitrogen and oxygen atoms in total. The predicted octanol–water partition coefficient (Wildman–Crippen LogP) is 2.96. The largest absolute Gasteiger partial charge is 0.355 e. The Morgan fingerprint density at radius 3 is 2.75 bits per heavy atom.